The molecule has 1 saturated heterocycles. The second kappa shape index (κ2) is 7.74. The van der Waals surface area contributed by atoms with Crippen LogP contribution in [0.15, 0.2) is 23.1 Å². The summed E-state index contributed by atoms with van der Waals surface area (Å²) in [6, 6.07) is 2.06. The summed E-state index contributed by atoms with van der Waals surface area (Å²) in [5.41, 5.74) is 2.70. The molecule has 0 spiro atoms. The molecule has 0 saturated carbocycles. The molecule has 2 aromatic heterocycles. The van der Waals surface area contributed by atoms with Crippen LogP contribution in [0.1, 0.15) is 44.0 Å². The van der Waals surface area contributed by atoms with Crippen LogP contribution in [0, 0.1) is 6.92 Å². The molecule has 7 nitrogen and oxygen atoms in total. The van der Waals surface area contributed by atoms with Crippen molar-refractivity contribution in [2.75, 3.05) is 19.6 Å². The molecule has 1 atom stereocenters. The highest BCUT2D eigenvalue weighted by Crippen LogP contribution is 2.32. The zero-order chi connectivity index (χ0) is 17.8. The van der Waals surface area contributed by atoms with Crippen molar-refractivity contribution in [3.05, 3.63) is 30.0 Å². The second-order valence-corrected chi connectivity index (χ2v) is 6.95. The van der Waals surface area contributed by atoms with E-state index in [1.807, 2.05) is 26.8 Å². The van der Waals surface area contributed by atoms with Crippen LogP contribution in [0.4, 0.5) is 0 Å². The summed E-state index contributed by atoms with van der Waals surface area (Å²) in [5.74, 6) is 1.02. The van der Waals surface area contributed by atoms with E-state index in [1.165, 1.54) is 0 Å². The van der Waals surface area contributed by atoms with Gasteiger partial charge in [0.2, 0.25) is 5.91 Å². The minimum atomic E-state index is 0.0735. The number of amides is 1. The first-order chi connectivity index (χ1) is 12.0. The van der Waals surface area contributed by atoms with Crippen molar-refractivity contribution in [1.82, 2.24) is 25.3 Å². The van der Waals surface area contributed by atoms with Crippen molar-refractivity contribution >= 4 is 5.91 Å². The Morgan fingerprint density at radius 1 is 1.48 bits per heavy atom. The van der Waals surface area contributed by atoms with Crippen molar-refractivity contribution in [3.63, 3.8) is 0 Å². The Morgan fingerprint density at radius 2 is 2.32 bits per heavy atom. The monoisotopic (exact) mass is 343 g/mol. The van der Waals surface area contributed by atoms with Gasteiger partial charge < -0.3 is 9.84 Å². The van der Waals surface area contributed by atoms with Gasteiger partial charge in [-0.25, -0.2) is 9.97 Å². The molecule has 0 unspecified atom stereocenters. The lowest BCUT2D eigenvalue weighted by molar-refractivity contribution is -0.123. The summed E-state index contributed by atoms with van der Waals surface area (Å²) in [6.07, 6.45) is 5.44. The molecule has 0 aromatic carbocycles. The SMILES string of the molecule is Cc1cc(-c2cncnc2[C@@H]2CCCN(CC(=O)NC(C)C)C2)on1. The van der Waals surface area contributed by atoms with Crippen LogP contribution >= 0.6 is 0 Å². The number of aromatic nitrogens is 3. The molecular formula is C18H25N5O2. The largest absolute Gasteiger partial charge is 0.356 e. The van der Waals surface area contributed by atoms with Crippen LogP contribution < -0.4 is 5.32 Å². The standard InChI is InChI=1S/C18H25N5O2/c1-12(2)21-17(24)10-23-6-4-5-14(9-23)18-15(8-19-11-20-18)16-7-13(3)22-25-16/h7-8,11-12,14H,4-6,9-10H2,1-3H3,(H,21,24)/t14-/m1/s1. The van der Waals surface area contributed by atoms with E-state index in [0.717, 1.165) is 42.9 Å². The van der Waals surface area contributed by atoms with E-state index in [1.54, 1.807) is 12.5 Å². The van der Waals surface area contributed by atoms with Gasteiger partial charge in [-0.2, -0.15) is 0 Å². The first-order valence-electron chi connectivity index (χ1n) is 8.78. The van der Waals surface area contributed by atoms with Crippen LogP contribution in [0.2, 0.25) is 0 Å². The van der Waals surface area contributed by atoms with E-state index in [0.29, 0.717) is 12.3 Å². The Hall–Kier alpha value is -2.28. The fourth-order valence-corrected chi connectivity index (χ4v) is 3.34. The van der Waals surface area contributed by atoms with Gasteiger partial charge in [-0.15, -0.1) is 0 Å². The average molecular weight is 343 g/mol. The van der Waals surface area contributed by atoms with Crippen LogP contribution in [0.25, 0.3) is 11.3 Å². The van der Waals surface area contributed by atoms with Gasteiger partial charge in [-0.3, -0.25) is 9.69 Å². The topological polar surface area (TPSA) is 84.2 Å². The van der Waals surface area contributed by atoms with Gasteiger partial charge in [0, 0.05) is 30.8 Å². The Kier molecular flexibility index (Phi) is 5.43. The van der Waals surface area contributed by atoms with Gasteiger partial charge in [0.1, 0.15) is 6.33 Å². The Bertz CT molecular complexity index is 728. The predicted molar refractivity (Wildman–Crippen MR) is 94.0 cm³/mol. The van der Waals surface area contributed by atoms with E-state index >= 15 is 0 Å². The minimum absolute atomic E-state index is 0.0735. The number of carbonyl (C=O) groups excluding carboxylic acids is 1. The molecule has 0 aliphatic carbocycles. The zero-order valence-electron chi connectivity index (χ0n) is 15.0. The summed E-state index contributed by atoms with van der Waals surface area (Å²) in [4.78, 5) is 22.9. The van der Waals surface area contributed by atoms with Gasteiger partial charge >= 0.3 is 0 Å². The normalized spacial score (nSPS) is 18.5. The van der Waals surface area contributed by atoms with Crippen molar-refractivity contribution in [2.45, 2.75) is 45.6 Å². The number of hydrogen-bond donors (Lipinski definition) is 1. The van der Waals surface area contributed by atoms with Gasteiger partial charge in [-0.05, 0) is 40.2 Å². The van der Waals surface area contributed by atoms with Crippen LogP contribution in [-0.2, 0) is 4.79 Å². The molecular weight excluding hydrogens is 318 g/mol. The van der Waals surface area contributed by atoms with Gasteiger partial charge in [0.05, 0.1) is 23.5 Å². The molecule has 7 heteroatoms. The highest BCUT2D eigenvalue weighted by atomic mass is 16.5. The minimum Gasteiger partial charge on any atom is -0.356 e. The lowest BCUT2D eigenvalue weighted by atomic mass is 9.91. The number of rotatable bonds is 5. The summed E-state index contributed by atoms with van der Waals surface area (Å²) in [5, 5.41) is 6.92. The smallest absolute Gasteiger partial charge is 0.234 e. The maximum absolute atomic E-state index is 12.1. The van der Waals surface area contributed by atoms with Gasteiger partial charge in [0.25, 0.3) is 0 Å². The molecule has 1 aliphatic rings. The average Bonchev–Trinajstić information content (AvgIpc) is 3.00. The highest BCUT2D eigenvalue weighted by Gasteiger charge is 2.27. The third-order valence-electron chi connectivity index (χ3n) is 4.35. The summed E-state index contributed by atoms with van der Waals surface area (Å²) >= 11 is 0. The van der Waals surface area contributed by atoms with Crippen LogP contribution in [-0.4, -0.2) is 51.6 Å². The van der Waals surface area contributed by atoms with Crippen molar-refractivity contribution in [1.29, 1.82) is 0 Å². The molecule has 1 N–H and O–H groups in total. The molecule has 0 radical (unpaired) electrons. The molecule has 1 aliphatic heterocycles. The Balaban J connectivity index is 1.75. The highest BCUT2D eigenvalue weighted by molar-refractivity contribution is 5.78. The Labute approximate surface area is 147 Å². The van der Waals surface area contributed by atoms with E-state index in [2.05, 4.69) is 25.3 Å². The van der Waals surface area contributed by atoms with Crippen molar-refractivity contribution in [3.8, 4) is 11.3 Å². The molecule has 3 rings (SSSR count). The maximum Gasteiger partial charge on any atom is 0.234 e. The molecule has 134 valence electrons. The molecule has 2 aromatic rings. The van der Waals surface area contributed by atoms with E-state index in [4.69, 9.17) is 4.52 Å². The first kappa shape index (κ1) is 17.5. The van der Waals surface area contributed by atoms with Crippen LogP contribution in [0.3, 0.4) is 0 Å². The third kappa shape index (κ3) is 4.42. The summed E-state index contributed by atoms with van der Waals surface area (Å²) < 4.78 is 5.41. The van der Waals surface area contributed by atoms with Gasteiger partial charge in [0.15, 0.2) is 5.76 Å². The molecule has 25 heavy (non-hydrogen) atoms. The number of piperidine rings is 1. The van der Waals surface area contributed by atoms with E-state index in [-0.39, 0.29) is 17.9 Å². The zero-order valence-corrected chi connectivity index (χ0v) is 15.0. The van der Waals surface area contributed by atoms with Gasteiger partial charge in [-0.1, -0.05) is 5.16 Å². The number of nitrogens with zero attached hydrogens (tertiary/aromatic N) is 4. The summed E-state index contributed by atoms with van der Waals surface area (Å²) in [6.45, 7) is 8.02. The summed E-state index contributed by atoms with van der Waals surface area (Å²) in [7, 11) is 0. The fraction of sp³-hybridized carbons (Fsp3) is 0.556. The first-order valence-corrected chi connectivity index (χ1v) is 8.78. The van der Waals surface area contributed by atoms with E-state index in [9.17, 15) is 4.79 Å². The molecule has 0 bridgehead atoms. The third-order valence-corrected chi connectivity index (χ3v) is 4.35. The number of hydrogen-bond acceptors (Lipinski definition) is 6. The predicted octanol–water partition coefficient (Wildman–Crippen LogP) is 2.14. The van der Waals surface area contributed by atoms with Crippen LogP contribution in [0.5, 0.6) is 0 Å². The fourth-order valence-electron chi connectivity index (χ4n) is 3.34. The molecule has 3 heterocycles. The van der Waals surface area contributed by atoms with E-state index < -0.39 is 0 Å². The number of carbonyl (C=O) groups is 1. The molecule has 1 amide bonds. The lowest BCUT2D eigenvalue weighted by Crippen LogP contribution is -2.43. The van der Waals surface area contributed by atoms with Crippen molar-refractivity contribution < 1.29 is 9.32 Å². The van der Waals surface area contributed by atoms with Crippen molar-refractivity contribution in [2.24, 2.45) is 0 Å². The quantitative estimate of drug-likeness (QED) is 0.895. The number of nitrogens with one attached hydrogen (secondary N) is 1. The maximum atomic E-state index is 12.1. The Morgan fingerprint density at radius 3 is 3.04 bits per heavy atom. The second-order valence-electron chi connectivity index (χ2n) is 6.95. The number of aryl methyl sites for hydroxylation is 1. The number of likely N-dealkylation sites (tertiary alicyclic amines) is 1. The lowest BCUT2D eigenvalue weighted by Gasteiger charge is -2.32. The molecule has 1 fully saturated rings.